The van der Waals surface area contributed by atoms with E-state index >= 15 is 0 Å². The van der Waals surface area contributed by atoms with Gasteiger partial charge in [-0.25, -0.2) is 0 Å². The first-order chi connectivity index (χ1) is 10.3. The minimum absolute atomic E-state index is 0.197. The Balaban J connectivity index is 2.03. The molecule has 0 aliphatic carbocycles. The summed E-state index contributed by atoms with van der Waals surface area (Å²) >= 11 is 3.67. The van der Waals surface area contributed by atoms with Gasteiger partial charge in [0.1, 0.15) is 5.75 Å². The number of benzene rings is 1. The molecule has 0 aliphatic rings. The summed E-state index contributed by atoms with van der Waals surface area (Å²) in [7, 11) is 0. The van der Waals surface area contributed by atoms with Crippen molar-refractivity contribution in [1.29, 1.82) is 0 Å². The van der Waals surface area contributed by atoms with Crippen molar-refractivity contribution in [2.24, 2.45) is 0 Å². The lowest BCUT2D eigenvalue weighted by atomic mass is 10.0. The number of fused-ring (bicyclic) bond motifs is 1. The number of thiophene rings is 2. The average Bonchev–Trinajstić information content (AvgIpc) is 3.07. The van der Waals surface area contributed by atoms with Crippen molar-refractivity contribution in [3.05, 3.63) is 52.2 Å². The molecule has 1 N–H and O–H groups in total. The van der Waals surface area contributed by atoms with Gasteiger partial charge in [-0.1, -0.05) is 25.1 Å². The Morgan fingerprint density at radius 3 is 2.76 bits per heavy atom. The first-order valence-corrected chi connectivity index (χ1v) is 8.95. The largest absolute Gasteiger partial charge is 0.494 e. The highest BCUT2D eigenvalue weighted by molar-refractivity contribution is 7.27. The molecule has 0 spiro atoms. The van der Waals surface area contributed by atoms with Crippen molar-refractivity contribution in [3.63, 3.8) is 0 Å². The third-order valence-corrected chi connectivity index (χ3v) is 5.54. The van der Waals surface area contributed by atoms with Crippen molar-refractivity contribution < 1.29 is 4.74 Å². The second kappa shape index (κ2) is 6.60. The maximum absolute atomic E-state index is 5.81. The Bertz CT molecular complexity index is 688. The molecular formula is C17H19NOS2. The minimum atomic E-state index is 0.197. The van der Waals surface area contributed by atoms with E-state index in [1.165, 1.54) is 19.8 Å². The third-order valence-electron chi connectivity index (χ3n) is 3.38. The normalized spacial score (nSPS) is 12.7. The molecule has 0 fully saturated rings. The quantitative estimate of drug-likeness (QED) is 0.686. The maximum atomic E-state index is 5.81. The van der Waals surface area contributed by atoms with Gasteiger partial charge in [-0.2, -0.15) is 0 Å². The van der Waals surface area contributed by atoms with E-state index < -0.39 is 0 Å². The molecule has 0 saturated heterocycles. The summed E-state index contributed by atoms with van der Waals surface area (Å²) in [6.07, 6.45) is 0. The molecule has 1 atom stereocenters. The lowest BCUT2D eigenvalue weighted by Crippen LogP contribution is -2.21. The molecule has 0 amide bonds. The van der Waals surface area contributed by atoms with E-state index in [2.05, 4.69) is 48.0 Å². The average molecular weight is 317 g/mol. The molecular weight excluding hydrogens is 298 g/mol. The number of nitrogens with one attached hydrogen (secondary N) is 1. The Morgan fingerprint density at radius 2 is 2.00 bits per heavy atom. The topological polar surface area (TPSA) is 21.3 Å². The highest BCUT2D eigenvalue weighted by Gasteiger charge is 2.19. The molecule has 3 aromatic rings. The molecule has 0 bridgehead atoms. The van der Waals surface area contributed by atoms with Crippen LogP contribution < -0.4 is 10.1 Å². The third kappa shape index (κ3) is 2.98. The van der Waals surface area contributed by atoms with E-state index in [9.17, 15) is 0 Å². The van der Waals surface area contributed by atoms with Crippen LogP contribution in [0.2, 0.25) is 0 Å². The van der Waals surface area contributed by atoms with Crippen LogP contribution in [0.1, 0.15) is 30.3 Å². The van der Waals surface area contributed by atoms with Crippen molar-refractivity contribution >= 4 is 32.1 Å². The van der Waals surface area contributed by atoms with Crippen LogP contribution in [0, 0.1) is 0 Å². The van der Waals surface area contributed by atoms with Crippen LogP contribution in [-0.2, 0) is 0 Å². The zero-order valence-corrected chi connectivity index (χ0v) is 13.9. The van der Waals surface area contributed by atoms with E-state index in [-0.39, 0.29) is 6.04 Å². The smallest absolute Gasteiger partial charge is 0.124 e. The predicted octanol–water partition coefficient (Wildman–Crippen LogP) is 5.06. The second-order valence-electron chi connectivity index (χ2n) is 4.76. The summed E-state index contributed by atoms with van der Waals surface area (Å²) in [5.41, 5.74) is 1.22. The fourth-order valence-electron chi connectivity index (χ4n) is 2.50. The zero-order valence-electron chi connectivity index (χ0n) is 12.3. The standard InChI is InChI=1S/C17H19NOS2/c1-3-18-17(12-7-5-6-8-13(12)19-4-2)16-11-15-14(21-16)9-10-20-15/h5-11,17-18H,3-4H2,1-2H3. The highest BCUT2D eigenvalue weighted by Crippen LogP contribution is 2.38. The van der Waals surface area contributed by atoms with Crippen LogP contribution in [0.25, 0.3) is 9.40 Å². The van der Waals surface area contributed by atoms with Gasteiger partial charge in [0.15, 0.2) is 0 Å². The van der Waals surface area contributed by atoms with Gasteiger partial charge in [0.05, 0.1) is 12.6 Å². The molecule has 0 aliphatic heterocycles. The van der Waals surface area contributed by atoms with E-state index in [4.69, 9.17) is 4.74 Å². The highest BCUT2D eigenvalue weighted by atomic mass is 32.1. The molecule has 4 heteroatoms. The predicted molar refractivity (Wildman–Crippen MR) is 92.8 cm³/mol. The van der Waals surface area contributed by atoms with Crippen molar-refractivity contribution in [1.82, 2.24) is 5.32 Å². The van der Waals surface area contributed by atoms with Crippen LogP contribution in [0.5, 0.6) is 5.75 Å². The minimum Gasteiger partial charge on any atom is -0.494 e. The van der Waals surface area contributed by atoms with Gasteiger partial charge in [-0.15, -0.1) is 22.7 Å². The second-order valence-corrected chi connectivity index (χ2v) is 6.82. The fourth-order valence-corrected chi connectivity index (χ4v) is 4.72. The summed E-state index contributed by atoms with van der Waals surface area (Å²) in [6, 6.07) is 13.0. The van der Waals surface area contributed by atoms with E-state index in [1.54, 1.807) is 11.3 Å². The lowest BCUT2D eigenvalue weighted by Gasteiger charge is -2.20. The van der Waals surface area contributed by atoms with E-state index in [0.717, 1.165) is 12.3 Å². The number of rotatable bonds is 6. The summed E-state index contributed by atoms with van der Waals surface area (Å²) in [5, 5.41) is 5.75. The lowest BCUT2D eigenvalue weighted by molar-refractivity contribution is 0.334. The number of ether oxygens (including phenoxy) is 1. The summed E-state index contributed by atoms with van der Waals surface area (Å²) in [6.45, 7) is 5.79. The monoisotopic (exact) mass is 317 g/mol. The van der Waals surface area contributed by atoms with Gasteiger partial charge in [0.2, 0.25) is 0 Å². The molecule has 2 heterocycles. The number of para-hydroxylation sites is 1. The molecule has 2 aromatic heterocycles. The molecule has 2 nitrogen and oxygen atoms in total. The molecule has 1 unspecified atom stereocenters. The van der Waals surface area contributed by atoms with Gasteiger partial charge >= 0.3 is 0 Å². The first-order valence-electron chi connectivity index (χ1n) is 7.25. The van der Waals surface area contributed by atoms with Crippen LogP contribution >= 0.6 is 22.7 Å². The maximum Gasteiger partial charge on any atom is 0.124 e. The van der Waals surface area contributed by atoms with Crippen molar-refractivity contribution in [2.75, 3.05) is 13.2 Å². The molecule has 21 heavy (non-hydrogen) atoms. The number of hydrogen-bond donors (Lipinski definition) is 1. The zero-order chi connectivity index (χ0) is 14.7. The summed E-state index contributed by atoms with van der Waals surface area (Å²) in [5.74, 6) is 0.975. The van der Waals surface area contributed by atoms with Gasteiger partial charge in [0, 0.05) is 19.8 Å². The van der Waals surface area contributed by atoms with Crippen LogP contribution in [-0.4, -0.2) is 13.2 Å². The van der Waals surface area contributed by atoms with Crippen LogP contribution in [0.15, 0.2) is 41.8 Å². The summed E-state index contributed by atoms with van der Waals surface area (Å²) < 4.78 is 8.54. The Hall–Kier alpha value is -1.36. The molecule has 1 aromatic carbocycles. The van der Waals surface area contributed by atoms with E-state index in [0.29, 0.717) is 6.61 Å². The van der Waals surface area contributed by atoms with Gasteiger partial charge in [-0.05, 0) is 37.0 Å². The van der Waals surface area contributed by atoms with Gasteiger partial charge < -0.3 is 10.1 Å². The molecule has 0 saturated carbocycles. The molecule has 0 radical (unpaired) electrons. The molecule has 3 rings (SSSR count). The van der Waals surface area contributed by atoms with E-state index in [1.807, 2.05) is 24.3 Å². The molecule has 110 valence electrons. The van der Waals surface area contributed by atoms with Crippen LogP contribution in [0.4, 0.5) is 0 Å². The first kappa shape index (κ1) is 14.6. The Kier molecular flexibility index (Phi) is 4.58. The van der Waals surface area contributed by atoms with Gasteiger partial charge in [-0.3, -0.25) is 0 Å². The Morgan fingerprint density at radius 1 is 1.14 bits per heavy atom. The Labute approximate surface area is 133 Å². The number of hydrogen-bond acceptors (Lipinski definition) is 4. The van der Waals surface area contributed by atoms with Gasteiger partial charge in [0.25, 0.3) is 0 Å². The van der Waals surface area contributed by atoms with Crippen LogP contribution in [0.3, 0.4) is 0 Å². The fraction of sp³-hybridized carbons (Fsp3) is 0.294. The van der Waals surface area contributed by atoms with Crippen molar-refractivity contribution in [3.8, 4) is 5.75 Å². The summed E-state index contributed by atoms with van der Waals surface area (Å²) in [4.78, 5) is 1.35. The SMILES string of the molecule is CCNC(c1cc2sccc2s1)c1ccccc1OCC. The van der Waals surface area contributed by atoms with Crippen molar-refractivity contribution in [2.45, 2.75) is 19.9 Å².